The molecule has 5 nitrogen and oxygen atoms in total. The maximum absolute atomic E-state index is 11.6. The molecule has 0 amide bonds. The maximum atomic E-state index is 11.6. The smallest absolute Gasteiger partial charge is 0.323 e. The molecule has 0 bridgehead atoms. The molecular weight excluding hydrogens is 266 g/mol. The van der Waals surface area contributed by atoms with Gasteiger partial charge in [0, 0.05) is 12.6 Å². The Bertz CT molecular complexity index is 325. The van der Waals surface area contributed by atoms with Crippen LogP contribution in [0.15, 0.2) is 0 Å². The number of carboxylic acids is 1. The van der Waals surface area contributed by atoms with Crippen LogP contribution in [0, 0.1) is 0 Å². The Morgan fingerprint density at radius 1 is 1.38 bits per heavy atom. The van der Waals surface area contributed by atoms with Crippen LogP contribution < -0.4 is 5.32 Å². The molecule has 2 N–H and O–H groups in total. The van der Waals surface area contributed by atoms with Gasteiger partial charge in [-0.1, -0.05) is 13.8 Å². The maximum Gasteiger partial charge on any atom is 0.323 e. The lowest BCUT2D eigenvalue weighted by atomic mass is 9.90. The number of rotatable bonds is 8. The minimum absolute atomic E-state index is 0.553. The third kappa shape index (κ3) is 5.24. The topological polar surface area (TPSA) is 55.8 Å². The fourth-order valence-corrected chi connectivity index (χ4v) is 3.40. The van der Waals surface area contributed by atoms with Crippen LogP contribution in [-0.2, 0) is 4.79 Å². The Morgan fingerprint density at radius 2 is 2.10 bits per heavy atom. The van der Waals surface area contributed by atoms with Gasteiger partial charge >= 0.3 is 5.97 Å². The Balaban J connectivity index is 2.51. The number of hydrogen-bond acceptors (Lipinski definition) is 4. The lowest BCUT2D eigenvalue weighted by Gasteiger charge is -2.32. The van der Waals surface area contributed by atoms with E-state index in [4.69, 9.17) is 0 Å². The van der Waals surface area contributed by atoms with Crippen molar-refractivity contribution in [1.29, 1.82) is 0 Å². The first-order chi connectivity index (χ1) is 9.95. The second-order valence-electron chi connectivity index (χ2n) is 6.38. The molecule has 5 heteroatoms. The molecule has 1 saturated heterocycles. The number of nitrogens with zero attached hydrogens (tertiary/aromatic N) is 2. The van der Waals surface area contributed by atoms with Crippen molar-refractivity contribution >= 4 is 5.97 Å². The Labute approximate surface area is 129 Å². The van der Waals surface area contributed by atoms with Crippen molar-refractivity contribution < 1.29 is 9.90 Å². The lowest BCUT2D eigenvalue weighted by molar-refractivity contribution is -0.145. The van der Waals surface area contributed by atoms with Gasteiger partial charge < -0.3 is 15.3 Å². The average molecular weight is 299 g/mol. The molecule has 0 aromatic rings. The minimum atomic E-state index is -0.749. The summed E-state index contributed by atoms with van der Waals surface area (Å²) in [7, 11) is 2.18. The summed E-state index contributed by atoms with van der Waals surface area (Å²) in [4.78, 5) is 16.5. The lowest BCUT2D eigenvalue weighted by Crippen LogP contribution is -2.52. The first kappa shape index (κ1) is 18.4. The summed E-state index contributed by atoms with van der Waals surface area (Å²) in [5.41, 5.74) is -0.749. The van der Waals surface area contributed by atoms with Gasteiger partial charge in [0.2, 0.25) is 0 Å². The average Bonchev–Trinajstić information content (AvgIpc) is 2.58. The van der Waals surface area contributed by atoms with E-state index in [1.165, 1.54) is 6.42 Å². The van der Waals surface area contributed by atoms with Gasteiger partial charge in [-0.3, -0.25) is 9.69 Å². The summed E-state index contributed by atoms with van der Waals surface area (Å²) in [6.45, 7) is 11.3. The summed E-state index contributed by atoms with van der Waals surface area (Å²) < 4.78 is 0. The highest BCUT2D eigenvalue weighted by atomic mass is 16.4. The van der Waals surface area contributed by atoms with E-state index in [0.29, 0.717) is 25.4 Å². The zero-order valence-electron chi connectivity index (χ0n) is 14.2. The number of aliphatic carboxylic acids is 1. The molecule has 21 heavy (non-hydrogen) atoms. The number of likely N-dealkylation sites (N-methyl/N-ethyl adjacent to an activating group) is 2. The Morgan fingerprint density at radius 3 is 2.67 bits per heavy atom. The van der Waals surface area contributed by atoms with Gasteiger partial charge in [-0.15, -0.1) is 0 Å². The van der Waals surface area contributed by atoms with Crippen LogP contribution in [0.2, 0.25) is 0 Å². The normalized spacial score (nSPS) is 24.5. The summed E-state index contributed by atoms with van der Waals surface area (Å²) in [5, 5.41) is 12.7. The highest BCUT2D eigenvalue weighted by molar-refractivity contribution is 5.78. The standard InChI is InChI=1S/C16H33N3O2/c1-5-16(15(20)21,17-6-2)9-7-11-19-12-8-10-18(4)13-14(19)3/h14,17H,5-13H2,1-4H3,(H,20,21). The predicted molar refractivity (Wildman–Crippen MR) is 86.7 cm³/mol. The molecule has 0 saturated carbocycles. The zero-order valence-corrected chi connectivity index (χ0v) is 14.2. The van der Waals surface area contributed by atoms with Crippen molar-refractivity contribution in [2.75, 3.05) is 39.8 Å². The molecule has 1 rings (SSSR count). The van der Waals surface area contributed by atoms with Crippen molar-refractivity contribution in [2.24, 2.45) is 0 Å². The summed E-state index contributed by atoms with van der Waals surface area (Å²) >= 11 is 0. The van der Waals surface area contributed by atoms with Crippen molar-refractivity contribution in [2.45, 2.75) is 58.0 Å². The molecule has 0 aromatic heterocycles. The molecule has 1 fully saturated rings. The van der Waals surface area contributed by atoms with E-state index in [-0.39, 0.29) is 0 Å². The number of carboxylic acid groups (broad SMARTS) is 1. The second kappa shape index (κ2) is 8.71. The van der Waals surface area contributed by atoms with E-state index in [0.717, 1.165) is 32.6 Å². The zero-order chi connectivity index (χ0) is 15.9. The van der Waals surface area contributed by atoms with E-state index in [2.05, 4.69) is 29.1 Å². The molecule has 0 spiro atoms. The highest BCUT2D eigenvalue weighted by Gasteiger charge is 2.35. The third-order valence-electron chi connectivity index (χ3n) is 4.76. The quantitative estimate of drug-likeness (QED) is 0.713. The van der Waals surface area contributed by atoms with Crippen LogP contribution in [0.1, 0.15) is 46.5 Å². The monoisotopic (exact) mass is 299 g/mol. The molecule has 0 aliphatic carbocycles. The number of hydrogen-bond donors (Lipinski definition) is 2. The Hall–Kier alpha value is -0.650. The fourth-order valence-electron chi connectivity index (χ4n) is 3.40. The van der Waals surface area contributed by atoms with E-state index >= 15 is 0 Å². The highest BCUT2D eigenvalue weighted by Crippen LogP contribution is 2.19. The fraction of sp³-hybridized carbons (Fsp3) is 0.938. The summed E-state index contributed by atoms with van der Waals surface area (Å²) in [6.07, 6.45) is 3.47. The SMILES string of the molecule is CCNC(CC)(CCCN1CCCN(C)CC1C)C(=O)O. The van der Waals surface area contributed by atoms with Gasteiger partial charge in [0.25, 0.3) is 0 Å². The molecule has 124 valence electrons. The van der Waals surface area contributed by atoms with Crippen molar-refractivity contribution in [3.05, 3.63) is 0 Å². The number of nitrogens with one attached hydrogen (secondary N) is 1. The van der Waals surface area contributed by atoms with E-state index < -0.39 is 11.5 Å². The van der Waals surface area contributed by atoms with Gasteiger partial charge in [-0.25, -0.2) is 0 Å². The first-order valence-electron chi connectivity index (χ1n) is 8.36. The summed E-state index contributed by atoms with van der Waals surface area (Å²) in [6, 6.07) is 0.553. The van der Waals surface area contributed by atoms with Crippen LogP contribution in [0.3, 0.4) is 0 Å². The Kier molecular flexibility index (Phi) is 7.63. The van der Waals surface area contributed by atoms with E-state index in [9.17, 15) is 9.90 Å². The second-order valence-corrected chi connectivity index (χ2v) is 6.38. The van der Waals surface area contributed by atoms with Crippen molar-refractivity contribution in [3.8, 4) is 0 Å². The van der Waals surface area contributed by atoms with E-state index in [1.807, 2.05) is 13.8 Å². The molecule has 1 heterocycles. The van der Waals surface area contributed by atoms with Gasteiger partial charge in [0.05, 0.1) is 0 Å². The van der Waals surface area contributed by atoms with E-state index in [1.54, 1.807) is 0 Å². The van der Waals surface area contributed by atoms with Crippen LogP contribution in [0.25, 0.3) is 0 Å². The van der Waals surface area contributed by atoms with Gasteiger partial charge in [0.1, 0.15) is 5.54 Å². The van der Waals surface area contributed by atoms with Crippen LogP contribution in [0.5, 0.6) is 0 Å². The number of carbonyl (C=O) groups is 1. The van der Waals surface area contributed by atoms with Crippen molar-refractivity contribution in [1.82, 2.24) is 15.1 Å². The molecule has 2 unspecified atom stereocenters. The molecule has 0 radical (unpaired) electrons. The van der Waals surface area contributed by atoms with Crippen molar-refractivity contribution in [3.63, 3.8) is 0 Å². The molecule has 0 aromatic carbocycles. The molecular formula is C16H33N3O2. The van der Waals surface area contributed by atoms with Crippen LogP contribution >= 0.6 is 0 Å². The van der Waals surface area contributed by atoms with Gasteiger partial charge in [-0.2, -0.15) is 0 Å². The summed E-state index contributed by atoms with van der Waals surface area (Å²) in [5.74, 6) is -0.713. The largest absolute Gasteiger partial charge is 0.480 e. The van der Waals surface area contributed by atoms with Crippen LogP contribution in [-0.4, -0.2) is 72.2 Å². The minimum Gasteiger partial charge on any atom is -0.480 e. The molecule has 1 aliphatic rings. The molecule has 2 atom stereocenters. The third-order valence-corrected chi connectivity index (χ3v) is 4.76. The van der Waals surface area contributed by atoms with Crippen LogP contribution in [0.4, 0.5) is 0 Å². The van der Waals surface area contributed by atoms with Gasteiger partial charge in [-0.05, 0) is 65.8 Å². The molecule has 1 aliphatic heterocycles. The predicted octanol–water partition coefficient (Wildman–Crippen LogP) is 1.64. The van der Waals surface area contributed by atoms with Gasteiger partial charge in [0.15, 0.2) is 0 Å². The first-order valence-corrected chi connectivity index (χ1v) is 8.36.